The monoisotopic (exact) mass is 328 g/mol. The Labute approximate surface area is 146 Å². The van der Waals surface area contributed by atoms with Crippen LogP contribution in [0.1, 0.15) is 21.5 Å². The Morgan fingerprint density at radius 1 is 0.920 bits per heavy atom. The van der Waals surface area contributed by atoms with Crippen LogP contribution in [0.25, 0.3) is 0 Å². The second kappa shape index (κ2) is 7.80. The minimum atomic E-state index is -0.211. The molecule has 122 valence electrons. The lowest BCUT2D eigenvalue weighted by molar-refractivity contribution is 0.102. The van der Waals surface area contributed by atoms with Crippen LogP contribution in [0.15, 0.2) is 78.9 Å². The van der Waals surface area contributed by atoms with Gasteiger partial charge in [-0.15, -0.1) is 0 Å². The molecule has 4 heteroatoms. The maximum Gasteiger partial charge on any atom is 0.256 e. The van der Waals surface area contributed by atoms with E-state index < -0.39 is 0 Å². The number of ether oxygens (including phenoxy) is 1. The largest absolute Gasteiger partial charge is 0.489 e. The number of rotatable bonds is 5. The standard InChI is InChI=1S/C21H16N2O2/c22-14-16-10-12-18(13-11-16)23-21(24)20-9-5-4-6-17(20)15-25-19-7-2-1-3-8-19/h1-13H,15H2,(H,23,24). The molecule has 0 aliphatic carbocycles. The summed E-state index contributed by atoms with van der Waals surface area (Å²) >= 11 is 0. The minimum absolute atomic E-state index is 0.211. The zero-order valence-electron chi connectivity index (χ0n) is 13.5. The lowest BCUT2D eigenvalue weighted by Crippen LogP contribution is -2.15. The number of nitrogens with zero attached hydrogens (tertiary/aromatic N) is 1. The molecule has 25 heavy (non-hydrogen) atoms. The number of hydrogen-bond donors (Lipinski definition) is 1. The SMILES string of the molecule is N#Cc1ccc(NC(=O)c2ccccc2COc2ccccc2)cc1. The molecule has 0 unspecified atom stereocenters. The summed E-state index contributed by atoms with van der Waals surface area (Å²) in [6.45, 7) is 0.307. The molecule has 0 fully saturated rings. The van der Waals surface area contributed by atoms with Crippen molar-refractivity contribution in [2.75, 3.05) is 5.32 Å². The molecule has 0 aromatic heterocycles. The molecule has 0 atom stereocenters. The van der Waals surface area contributed by atoms with Gasteiger partial charge in [0, 0.05) is 16.8 Å². The fraction of sp³-hybridized carbons (Fsp3) is 0.0476. The first-order valence-electron chi connectivity index (χ1n) is 7.83. The third kappa shape index (κ3) is 4.24. The highest BCUT2D eigenvalue weighted by Crippen LogP contribution is 2.17. The third-order valence-corrected chi connectivity index (χ3v) is 3.67. The van der Waals surface area contributed by atoms with Crippen molar-refractivity contribution in [1.82, 2.24) is 0 Å². The normalized spacial score (nSPS) is 9.88. The van der Waals surface area contributed by atoms with Crippen molar-refractivity contribution in [3.63, 3.8) is 0 Å². The van der Waals surface area contributed by atoms with Gasteiger partial charge in [0.2, 0.25) is 0 Å². The van der Waals surface area contributed by atoms with Crippen LogP contribution in [0.2, 0.25) is 0 Å². The number of nitriles is 1. The number of anilines is 1. The molecule has 0 saturated carbocycles. The molecular weight excluding hydrogens is 312 g/mol. The summed E-state index contributed by atoms with van der Waals surface area (Å²) in [6, 6.07) is 25.6. The molecule has 3 aromatic rings. The fourth-order valence-electron chi connectivity index (χ4n) is 2.37. The topological polar surface area (TPSA) is 62.1 Å². The van der Waals surface area contributed by atoms with Gasteiger partial charge < -0.3 is 10.1 Å². The van der Waals surface area contributed by atoms with Crippen LogP contribution in [-0.4, -0.2) is 5.91 Å². The Balaban J connectivity index is 1.72. The van der Waals surface area contributed by atoms with Gasteiger partial charge in [-0.1, -0.05) is 36.4 Å². The Hall–Kier alpha value is -3.58. The van der Waals surface area contributed by atoms with Crippen molar-refractivity contribution in [3.8, 4) is 11.8 Å². The minimum Gasteiger partial charge on any atom is -0.489 e. The lowest BCUT2D eigenvalue weighted by Gasteiger charge is -2.11. The van der Waals surface area contributed by atoms with Crippen molar-refractivity contribution in [1.29, 1.82) is 5.26 Å². The van der Waals surface area contributed by atoms with E-state index >= 15 is 0 Å². The number of carbonyl (C=O) groups is 1. The smallest absolute Gasteiger partial charge is 0.256 e. The van der Waals surface area contributed by atoms with Gasteiger partial charge >= 0.3 is 0 Å². The maximum absolute atomic E-state index is 12.6. The van der Waals surface area contributed by atoms with Gasteiger partial charge in [0.25, 0.3) is 5.91 Å². The van der Waals surface area contributed by atoms with Crippen LogP contribution >= 0.6 is 0 Å². The van der Waals surface area contributed by atoms with E-state index in [1.54, 1.807) is 30.3 Å². The summed E-state index contributed by atoms with van der Waals surface area (Å²) in [6.07, 6.45) is 0. The first-order valence-corrected chi connectivity index (χ1v) is 7.83. The van der Waals surface area contributed by atoms with Crippen molar-refractivity contribution >= 4 is 11.6 Å². The van der Waals surface area contributed by atoms with Crippen molar-refractivity contribution in [2.24, 2.45) is 0 Å². The third-order valence-electron chi connectivity index (χ3n) is 3.67. The second-order valence-corrected chi connectivity index (χ2v) is 5.40. The van der Waals surface area contributed by atoms with Crippen LogP contribution in [0.5, 0.6) is 5.75 Å². The van der Waals surface area contributed by atoms with E-state index in [0.29, 0.717) is 23.4 Å². The van der Waals surface area contributed by atoms with Crippen molar-refractivity contribution < 1.29 is 9.53 Å². The Kier molecular flexibility index (Phi) is 5.08. The van der Waals surface area contributed by atoms with E-state index in [-0.39, 0.29) is 5.91 Å². The average Bonchev–Trinajstić information content (AvgIpc) is 2.68. The fourth-order valence-corrected chi connectivity index (χ4v) is 2.37. The Bertz CT molecular complexity index is 897. The van der Waals surface area contributed by atoms with Gasteiger partial charge in [-0.3, -0.25) is 4.79 Å². The molecule has 0 radical (unpaired) electrons. The number of amides is 1. The molecule has 0 spiro atoms. The van der Waals surface area contributed by atoms with Gasteiger partial charge in [-0.05, 0) is 42.5 Å². The average molecular weight is 328 g/mol. The number of hydrogen-bond acceptors (Lipinski definition) is 3. The maximum atomic E-state index is 12.6. The van der Waals surface area contributed by atoms with Crippen LogP contribution in [0, 0.1) is 11.3 Å². The highest BCUT2D eigenvalue weighted by atomic mass is 16.5. The van der Waals surface area contributed by atoms with E-state index in [0.717, 1.165) is 11.3 Å². The summed E-state index contributed by atoms with van der Waals surface area (Å²) < 4.78 is 5.75. The number of nitrogens with one attached hydrogen (secondary N) is 1. The van der Waals surface area contributed by atoms with Gasteiger partial charge in [0.1, 0.15) is 12.4 Å². The van der Waals surface area contributed by atoms with Gasteiger partial charge in [-0.2, -0.15) is 5.26 Å². The zero-order valence-corrected chi connectivity index (χ0v) is 13.5. The predicted octanol–water partition coefficient (Wildman–Crippen LogP) is 4.39. The molecule has 3 rings (SSSR count). The van der Waals surface area contributed by atoms with Gasteiger partial charge in [0.15, 0.2) is 0 Å². The number of carbonyl (C=O) groups excluding carboxylic acids is 1. The molecule has 1 amide bonds. The predicted molar refractivity (Wildman–Crippen MR) is 96.3 cm³/mol. The molecule has 0 heterocycles. The second-order valence-electron chi connectivity index (χ2n) is 5.40. The van der Waals surface area contributed by atoms with E-state index in [1.807, 2.05) is 48.5 Å². The van der Waals surface area contributed by atoms with E-state index in [9.17, 15) is 4.79 Å². The molecule has 0 aliphatic heterocycles. The molecule has 0 bridgehead atoms. The molecule has 0 saturated heterocycles. The molecule has 0 aliphatic rings. The number of benzene rings is 3. The lowest BCUT2D eigenvalue weighted by atomic mass is 10.1. The molecule has 1 N–H and O–H groups in total. The van der Waals surface area contributed by atoms with Gasteiger partial charge in [0.05, 0.1) is 11.6 Å². The van der Waals surface area contributed by atoms with Crippen LogP contribution in [0.3, 0.4) is 0 Å². The van der Waals surface area contributed by atoms with Crippen LogP contribution in [0.4, 0.5) is 5.69 Å². The first-order chi connectivity index (χ1) is 12.3. The summed E-state index contributed by atoms with van der Waals surface area (Å²) in [5, 5.41) is 11.7. The molecule has 4 nitrogen and oxygen atoms in total. The van der Waals surface area contributed by atoms with Gasteiger partial charge in [-0.25, -0.2) is 0 Å². The molecule has 3 aromatic carbocycles. The Morgan fingerprint density at radius 3 is 2.32 bits per heavy atom. The van der Waals surface area contributed by atoms with E-state index in [2.05, 4.69) is 11.4 Å². The zero-order chi connectivity index (χ0) is 17.5. The highest BCUT2D eigenvalue weighted by Gasteiger charge is 2.11. The quantitative estimate of drug-likeness (QED) is 0.755. The van der Waals surface area contributed by atoms with Crippen molar-refractivity contribution in [2.45, 2.75) is 6.61 Å². The Morgan fingerprint density at radius 2 is 1.60 bits per heavy atom. The van der Waals surface area contributed by atoms with Crippen LogP contribution in [-0.2, 0) is 6.61 Å². The summed E-state index contributed by atoms with van der Waals surface area (Å²) in [7, 11) is 0. The van der Waals surface area contributed by atoms with Crippen molar-refractivity contribution in [3.05, 3.63) is 95.6 Å². The summed E-state index contributed by atoms with van der Waals surface area (Å²) in [5.74, 6) is 0.543. The van der Waals surface area contributed by atoms with E-state index in [1.165, 1.54) is 0 Å². The first kappa shape index (κ1) is 16.3. The summed E-state index contributed by atoms with van der Waals surface area (Å²) in [5.41, 5.74) is 2.55. The summed E-state index contributed by atoms with van der Waals surface area (Å²) in [4.78, 5) is 12.6. The highest BCUT2D eigenvalue weighted by molar-refractivity contribution is 6.05. The molecular formula is C21H16N2O2. The van der Waals surface area contributed by atoms with Crippen LogP contribution < -0.4 is 10.1 Å². The number of para-hydroxylation sites is 1. The van der Waals surface area contributed by atoms with E-state index in [4.69, 9.17) is 10.00 Å².